The predicted octanol–water partition coefficient (Wildman–Crippen LogP) is 3.52. The van der Waals surface area contributed by atoms with Crippen molar-refractivity contribution in [2.24, 2.45) is 0 Å². The SMILES string of the molecule is O=S(=O)(Nc1ccccc1CBr)c1ccc(F)cc1. The van der Waals surface area contributed by atoms with Crippen LogP contribution in [0.5, 0.6) is 0 Å². The van der Waals surface area contributed by atoms with Crippen LogP contribution < -0.4 is 4.72 Å². The molecule has 0 aromatic heterocycles. The molecule has 19 heavy (non-hydrogen) atoms. The quantitative estimate of drug-likeness (QED) is 0.863. The molecule has 2 rings (SSSR count). The van der Waals surface area contributed by atoms with Gasteiger partial charge in [-0.2, -0.15) is 0 Å². The van der Waals surface area contributed by atoms with E-state index in [1.54, 1.807) is 12.1 Å². The summed E-state index contributed by atoms with van der Waals surface area (Å²) < 4.78 is 39.6. The lowest BCUT2D eigenvalue weighted by Crippen LogP contribution is -2.14. The van der Waals surface area contributed by atoms with Gasteiger partial charge in [0.15, 0.2) is 0 Å². The Labute approximate surface area is 119 Å². The minimum atomic E-state index is -3.70. The van der Waals surface area contributed by atoms with Crippen molar-refractivity contribution in [1.29, 1.82) is 0 Å². The van der Waals surface area contributed by atoms with Crippen LogP contribution in [0.2, 0.25) is 0 Å². The topological polar surface area (TPSA) is 46.2 Å². The van der Waals surface area contributed by atoms with Crippen LogP contribution in [0.15, 0.2) is 53.4 Å². The highest BCUT2D eigenvalue weighted by Crippen LogP contribution is 2.22. The molecule has 0 bridgehead atoms. The monoisotopic (exact) mass is 343 g/mol. The van der Waals surface area contributed by atoms with Gasteiger partial charge in [0.05, 0.1) is 10.6 Å². The lowest BCUT2D eigenvalue weighted by Gasteiger charge is -2.11. The predicted molar refractivity (Wildman–Crippen MR) is 76.3 cm³/mol. The summed E-state index contributed by atoms with van der Waals surface area (Å²) in [6.07, 6.45) is 0. The normalized spacial score (nSPS) is 11.3. The van der Waals surface area contributed by atoms with Gasteiger partial charge in [0.1, 0.15) is 5.82 Å². The Morgan fingerprint density at radius 2 is 1.68 bits per heavy atom. The van der Waals surface area contributed by atoms with Crippen LogP contribution in [0.4, 0.5) is 10.1 Å². The zero-order valence-corrected chi connectivity index (χ0v) is 12.2. The van der Waals surface area contributed by atoms with Crippen LogP contribution in [0.3, 0.4) is 0 Å². The molecule has 0 saturated carbocycles. The Balaban J connectivity index is 2.34. The van der Waals surface area contributed by atoms with Crippen molar-refractivity contribution < 1.29 is 12.8 Å². The van der Waals surface area contributed by atoms with E-state index in [2.05, 4.69) is 20.7 Å². The van der Waals surface area contributed by atoms with E-state index in [0.717, 1.165) is 17.7 Å². The fraction of sp³-hybridized carbons (Fsp3) is 0.0769. The maximum Gasteiger partial charge on any atom is 0.261 e. The standard InChI is InChI=1S/C13H11BrFNO2S/c14-9-10-3-1-2-4-13(10)16-19(17,18)12-7-5-11(15)6-8-12/h1-8,16H,9H2. The van der Waals surface area contributed by atoms with Crippen molar-refractivity contribution in [3.8, 4) is 0 Å². The highest BCUT2D eigenvalue weighted by atomic mass is 79.9. The molecule has 6 heteroatoms. The maximum atomic E-state index is 12.8. The molecular formula is C13H11BrFNO2S. The molecule has 100 valence electrons. The van der Waals surface area contributed by atoms with Gasteiger partial charge in [0.2, 0.25) is 0 Å². The second-order valence-corrected chi connectivity index (χ2v) is 6.09. The molecule has 0 saturated heterocycles. The second kappa shape index (κ2) is 5.71. The molecule has 0 aliphatic rings. The van der Waals surface area contributed by atoms with Gasteiger partial charge in [-0.3, -0.25) is 4.72 Å². The summed E-state index contributed by atoms with van der Waals surface area (Å²) in [5, 5.41) is 0.537. The van der Waals surface area contributed by atoms with Crippen molar-refractivity contribution in [2.75, 3.05) is 4.72 Å². The molecule has 0 aliphatic carbocycles. The van der Waals surface area contributed by atoms with Crippen LogP contribution in [0, 0.1) is 5.82 Å². The largest absolute Gasteiger partial charge is 0.279 e. The molecule has 0 atom stereocenters. The Hall–Kier alpha value is -1.40. The molecule has 0 spiro atoms. The lowest BCUT2D eigenvalue weighted by atomic mass is 10.2. The van der Waals surface area contributed by atoms with Gasteiger partial charge in [-0.05, 0) is 35.9 Å². The van der Waals surface area contributed by atoms with E-state index < -0.39 is 15.8 Å². The van der Waals surface area contributed by atoms with E-state index >= 15 is 0 Å². The van der Waals surface area contributed by atoms with Crippen molar-refractivity contribution in [1.82, 2.24) is 0 Å². The third kappa shape index (κ3) is 3.33. The summed E-state index contributed by atoms with van der Waals surface area (Å²) in [5.74, 6) is -0.472. The highest BCUT2D eigenvalue weighted by Gasteiger charge is 2.15. The molecule has 2 aromatic rings. The fourth-order valence-electron chi connectivity index (χ4n) is 1.55. The molecule has 1 N–H and O–H groups in total. The van der Waals surface area contributed by atoms with Crippen LogP contribution >= 0.6 is 15.9 Å². The molecule has 0 unspecified atom stereocenters. The summed E-state index contributed by atoms with van der Waals surface area (Å²) in [6, 6.07) is 11.8. The van der Waals surface area contributed by atoms with Gasteiger partial charge >= 0.3 is 0 Å². The van der Waals surface area contributed by atoms with Gasteiger partial charge in [0, 0.05) is 5.33 Å². The van der Waals surface area contributed by atoms with E-state index in [4.69, 9.17) is 0 Å². The fourth-order valence-corrected chi connectivity index (χ4v) is 3.14. The number of para-hydroxylation sites is 1. The van der Waals surface area contributed by atoms with Gasteiger partial charge in [-0.25, -0.2) is 12.8 Å². The van der Waals surface area contributed by atoms with Crippen molar-refractivity contribution in [3.05, 3.63) is 59.9 Å². The zero-order chi connectivity index (χ0) is 13.9. The van der Waals surface area contributed by atoms with E-state index in [1.807, 2.05) is 12.1 Å². The van der Waals surface area contributed by atoms with E-state index in [-0.39, 0.29) is 4.90 Å². The minimum absolute atomic E-state index is 0.0262. The van der Waals surface area contributed by atoms with Crippen LogP contribution in [-0.4, -0.2) is 8.42 Å². The third-order valence-corrected chi connectivity index (χ3v) is 4.52. The molecule has 0 amide bonds. The second-order valence-electron chi connectivity index (χ2n) is 3.85. The first-order chi connectivity index (χ1) is 9.03. The molecule has 2 aromatic carbocycles. The summed E-state index contributed by atoms with van der Waals surface area (Å²) in [4.78, 5) is 0.0262. The van der Waals surface area contributed by atoms with Crippen molar-refractivity contribution in [2.45, 2.75) is 10.2 Å². The number of rotatable bonds is 4. The summed E-state index contributed by atoms with van der Waals surface area (Å²) >= 11 is 3.30. The number of hydrogen-bond acceptors (Lipinski definition) is 2. The molecule has 0 fully saturated rings. The maximum absolute atomic E-state index is 12.8. The first kappa shape index (κ1) is 14.0. The van der Waals surface area contributed by atoms with Crippen LogP contribution in [0.25, 0.3) is 0 Å². The number of benzene rings is 2. The average Bonchev–Trinajstić information content (AvgIpc) is 2.39. The number of sulfonamides is 1. The van der Waals surface area contributed by atoms with E-state index in [1.165, 1.54) is 12.1 Å². The number of alkyl halides is 1. The van der Waals surface area contributed by atoms with Gasteiger partial charge in [0.25, 0.3) is 10.0 Å². The van der Waals surface area contributed by atoms with Crippen LogP contribution in [-0.2, 0) is 15.4 Å². The molecule has 0 aliphatic heterocycles. The average molecular weight is 344 g/mol. The Kier molecular flexibility index (Phi) is 4.21. The Morgan fingerprint density at radius 3 is 2.32 bits per heavy atom. The van der Waals surface area contributed by atoms with Crippen LogP contribution in [0.1, 0.15) is 5.56 Å². The van der Waals surface area contributed by atoms with Gasteiger partial charge in [-0.1, -0.05) is 34.1 Å². The smallest absolute Gasteiger partial charge is 0.261 e. The Bertz CT molecular complexity index is 671. The first-order valence-electron chi connectivity index (χ1n) is 5.45. The van der Waals surface area contributed by atoms with Gasteiger partial charge in [-0.15, -0.1) is 0 Å². The summed E-state index contributed by atoms with van der Waals surface area (Å²) in [5.41, 5.74) is 1.33. The van der Waals surface area contributed by atoms with Gasteiger partial charge < -0.3 is 0 Å². The number of anilines is 1. The van der Waals surface area contributed by atoms with Crippen molar-refractivity contribution in [3.63, 3.8) is 0 Å². The van der Waals surface area contributed by atoms with E-state index in [0.29, 0.717) is 11.0 Å². The number of hydrogen-bond donors (Lipinski definition) is 1. The number of nitrogens with one attached hydrogen (secondary N) is 1. The summed E-state index contributed by atoms with van der Waals surface area (Å²) in [6.45, 7) is 0. The lowest BCUT2D eigenvalue weighted by molar-refractivity contribution is 0.599. The third-order valence-electron chi connectivity index (χ3n) is 2.53. The Morgan fingerprint density at radius 1 is 1.05 bits per heavy atom. The molecule has 0 heterocycles. The number of halogens is 2. The van der Waals surface area contributed by atoms with E-state index in [9.17, 15) is 12.8 Å². The summed E-state index contributed by atoms with van der Waals surface area (Å²) in [7, 11) is -3.70. The minimum Gasteiger partial charge on any atom is -0.279 e. The highest BCUT2D eigenvalue weighted by molar-refractivity contribution is 9.08. The molecule has 0 radical (unpaired) electrons. The molecular weight excluding hydrogens is 333 g/mol. The van der Waals surface area contributed by atoms with Crippen molar-refractivity contribution >= 4 is 31.6 Å². The zero-order valence-electron chi connectivity index (χ0n) is 9.81. The first-order valence-corrected chi connectivity index (χ1v) is 8.05. The molecule has 3 nitrogen and oxygen atoms in total.